The second-order valence-electron chi connectivity index (χ2n) is 6.90. The highest BCUT2D eigenvalue weighted by atomic mass is 32.2. The lowest BCUT2D eigenvalue weighted by Gasteiger charge is -2.21. The molecule has 0 heterocycles. The van der Waals surface area contributed by atoms with Gasteiger partial charge in [0.1, 0.15) is 17.9 Å². The summed E-state index contributed by atoms with van der Waals surface area (Å²) in [6.45, 7) is 1.20. The van der Waals surface area contributed by atoms with Crippen LogP contribution in [-0.2, 0) is 30.6 Å². The highest BCUT2D eigenvalue weighted by molar-refractivity contribution is 7.91. The summed E-state index contributed by atoms with van der Waals surface area (Å²) in [7, 11) is -3.74. The quantitative estimate of drug-likeness (QED) is 0.500. The predicted molar refractivity (Wildman–Crippen MR) is 110 cm³/mol. The van der Waals surface area contributed by atoms with E-state index >= 15 is 0 Å². The number of aliphatic carboxylic acids is 1. The maximum atomic E-state index is 13.1. The summed E-state index contributed by atoms with van der Waals surface area (Å²) in [5, 5.41) is 14.2. The zero-order chi connectivity index (χ0) is 23.0. The van der Waals surface area contributed by atoms with Crippen LogP contribution < -0.4 is 10.6 Å². The Morgan fingerprint density at radius 2 is 1.58 bits per heavy atom. The molecule has 0 aromatic heterocycles. The van der Waals surface area contributed by atoms with Gasteiger partial charge in [0.2, 0.25) is 11.8 Å². The number of hydrogen-bond acceptors (Lipinski definition) is 5. The smallest absolute Gasteiger partial charge is 0.326 e. The van der Waals surface area contributed by atoms with Crippen molar-refractivity contribution in [2.24, 2.45) is 0 Å². The molecule has 0 unspecified atom stereocenters. The fourth-order valence-corrected chi connectivity index (χ4v) is 4.21. The van der Waals surface area contributed by atoms with Crippen LogP contribution in [0.4, 0.5) is 4.39 Å². The van der Waals surface area contributed by atoms with E-state index in [-0.39, 0.29) is 17.7 Å². The molecule has 0 aliphatic carbocycles. The van der Waals surface area contributed by atoms with Gasteiger partial charge >= 0.3 is 5.97 Å². The van der Waals surface area contributed by atoms with Crippen LogP contribution in [0, 0.1) is 5.82 Å². The summed E-state index contributed by atoms with van der Waals surface area (Å²) >= 11 is 0. The Balaban J connectivity index is 2.09. The lowest BCUT2D eigenvalue weighted by molar-refractivity contribution is -0.142. The van der Waals surface area contributed by atoms with Gasteiger partial charge in [-0.1, -0.05) is 30.3 Å². The Labute approximate surface area is 179 Å². The molecule has 2 rings (SSSR count). The zero-order valence-corrected chi connectivity index (χ0v) is 17.6. The molecule has 2 aromatic rings. The SMILES string of the molecule is CC(=O)N[C@@H](Cc1ccc(F)cc1)C(=O)N[C@H](CCS(=O)(=O)c1ccccc1)C(=O)O. The Hall–Kier alpha value is -3.27. The third kappa shape index (κ3) is 7.49. The highest BCUT2D eigenvalue weighted by Gasteiger charge is 2.28. The van der Waals surface area contributed by atoms with Crippen molar-refractivity contribution in [1.82, 2.24) is 10.6 Å². The summed E-state index contributed by atoms with van der Waals surface area (Å²) in [6.07, 6.45) is -0.359. The van der Waals surface area contributed by atoms with Crippen molar-refractivity contribution in [1.29, 1.82) is 0 Å². The number of benzene rings is 2. The fraction of sp³-hybridized carbons (Fsp3) is 0.286. The Kier molecular flexibility index (Phi) is 8.26. The summed E-state index contributed by atoms with van der Waals surface area (Å²) in [5.74, 6) is -3.66. The predicted octanol–water partition coefficient (Wildman–Crippen LogP) is 1.31. The number of carbonyl (C=O) groups excluding carboxylic acids is 2. The van der Waals surface area contributed by atoms with E-state index in [2.05, 4.69) is 10.6 Å². The van der Waals surface area contributed by atoms with E-state index in [0.717, 1.165) is 0 Å². The molecule has 2 atom stereocenters. The van der Waals surface area contributed by atoms with Gasteiger partial charge in [-0.25, -0.2) is 17.6 Å². The maximum absolute atomic E-state index is 13.1. The van der Waals surface area contributed by atoms with Crippen LogP contribution in [0.5, 0.6) is 0 Å². The molecule has 0 aliphatic heterocycles. The number of amides is 2. The molecular formula is C21H23FN2O6S. The van der Waals surface area contributed by atoms with E-state index in [1.807, 2.05) is 0 Å². The summed E-state index contributed by atoms with van der Waals surface area (Å²) in [5.41, 5.74) is 0.550. The normalized spacial score (nSPS) is 13.1. The van der Waals surface area contributed by atoms with E-state index < -0.39 is 51.3 Å². The Bertz CT molecular complexity index is 1030. The fourth-order valence-electron chi connectivity index (χ4n) is 2.86. The molecule has 0 fully saturated rings. The molecule has 2 amide bonds. The van der Waals surface area contributed by atoms with Crippen molar-refractivity contribution in [3.05, 3.63) is 66.0 Å². The average Bonchev–Trinajstić information content (AvgIpc) is 2.72. The van der Waals surface area contributed by atoms with Crippen molar-refractivity contribution in [3.8, 4) is 0 Å². The molecule has 0 saturated heterocycles. The van der Waals surface area contributed by atoms with E-state index in [0.29, 0.717) is 5.56 Å². The zero-order valence-electron chi connectivity index (χ0n) is 16.7. The molecule has 31 heavy (non-hydrogen) atoms. The van der Waals surface area contributed by atoms with Crippen molar-refractivity contribution >= 4 is 27.6 Å². The Morgan fingerprint density at radius 3 is 2.13 bits per heavy atom. The monoisotopic (exact) mass is 450 g/mol. The van der Waals surface area contributed by atoms with Crippen LogP contribution in [0.2, 0.25) is 0 Å². The second-order valence-corrected chi connectivity index (χ2v) is 9.01. The number of rotatable bonds is 10. The lowest BCUT2D eigenvalue weighted by atomic mass is 10.0. The largest absolute Gasteiger partial charge is 0.480 e. The van der Waals surface area contributed by atoms with Crippen LogP contribution in [0.25, 0.3) is 0 Å². The van der Waals surface area contributed by atoms with Crippen molar-refractivity contribution in [3.63, 3.8) is 0 Å². The topological polar surface area (TPSA) is 130 Å². The minimum absolute atomic E-state index is 0.000344. The number of carbonyl (C=O) groups is 3. The first-order chi connectivity index (χ1) is 14.6. The van der Waals surface area contributed by atoms with E-state index in [1.54, 1.807) is 18.2 Å². The van der Waals surface area contributed by atoms with Gasteiger partial charge in [-0.05, 0) is 36.2 Å². The summed E-state index contributed by atoms with van der Waals surface area (Å²) in [4.78, 5) is 35.8. The van der Waals surface area contributed by atoms with Crippen LogP contribution in [0.3, 0.4) is 0 Å². The molecule has 0 saturated carbocycles. The van der Waals surface area contributed by atoms with Gasteiger partial charge in [-0.15, -0.1) is 0 Å². The number of nitrogens with one attached hydrogen (secondary N) is 2. The minimum atomic E-state index is -3.74. The molecule has 0 bridgehead atoms. The van der Waals surface area contributed by atoms with Gasteiger partial charge in [0, 0.05) is 13.3 Å². The third-order valence-electron chi connectivity index (χ3n) is 4.44. The molecule has 0 aliphatic rings. The van der Waals surface area contributed by atoms with Gasteiger partial charge in [-0.3, -0.25) is 9.59 Å². The maximum Gasteiger partial charge on any atom is 0.326 e. The number of sulfone groups is 1. The first-order valence-electron chi connectivity index (χ1n) is 9.41. The lowest BCUT2D eigenvalue weighted by Crippen LogP contribution is -2.52. The summed E-state index contributed by atoms with van der Waals surface area (Å²) < 4.78 is 37.9. The number of halogens is 1. The highest BCUT2D eigenvalue weighted by Crippen LogP contribution is 2.13. The van der Waals surface area contributed by atoms with Gasteiger partial charge in [0.25, 0.3) is 0 Å². The van der Waals surface area contributed by atoms with Crippen LogP contribution in [0.1, 0.15) is 18.9 Å². The molecule has 0 radical (unpaired) electrons. The molecule has 166 valence electrons. The van der Waals surface area contributed by atoms with Gasteiger partial charge in [0.05, 0.1) is 10.6 Å². The molecule has 0 spiro atoms. The van der Waals surface area contributed by atoms with Crippen LogP contribution in [0.15, 0.2) is 59.5 Å². The summed E-state index contributed by atoms with van der Waals surface area (Å²) in [6, 6.07) is 10.3. The first kappa shape index (κ1) is 24.0. The number of carboxylic acids is 1. The van der Waals surface area contributed by atoms with Crippen LogP contribution in [-0.4, -0.2) is 49.1 Å². The van der Waals surface area contributed by atoms with Gasteiger partial charge < -0.3 is 15.7 Å². The van der Waals surface area contributed by atoms with Crippen molar-refractivity contribution < 1.29 is 32.3 Å². The van der Waals surface area contributed by atoms with Gasteiger partial charge in [-0.2, -0.15) is 0 Å². The van der Waals surface area contributed by atoms with Crippen LogP contribution >= 0.6 is 0 Å². The number of carboxylic acid groups (broad SMARTS) is 1. The molecular weight excluding hydrogens is 427 g/mol. The van der Waals surface area contributed by atoms with Crippen molar-refractivity contribution in [2.75, 3.05) is 5.75 Å². The molecule has 10 heteroatoms. The first-order valence-corrected chi connectivity index (χ1v) is 11.1. The van der Waals surface area contributed by atoms with E-state index in [9.17, 15) is 32.3 Å². The second kappa shape index (κ2) is 10.7. The van der Waals surface area contributed by atoms with E-state index in [4.69, 9.17) is 0 Å². The minimum Gasteiger partial charge on any atom is -0.480 e. The molecule has 3 N–H and O–H groups in total. The Morgan fingerprint density at radius 1 is 0.968 bits per heavy atom. The third-order valence-corrected chi connectivity index (χ3v) is 6.20. The molecule has 8 nitrogen and oxygen atoms in total. The molecule has 2 aromatic carbocycles. The number of hydrogen-bond donors (Lipinski definition) is 3. The average molecular weight is 450 g/mol. The van der Waals surface area contributed by atoms with Crippen molar-refractivity contribution in [2.45, 2.75) is 36.7 Å². The van der Waals surface area contributed by atoms with Gasteiger partial charge in [0.15, 0.2) is 9.84 Å². The standard InChI is InChI=1S/C21H23FN2O6S/c1-14(25)23-19(13-15-7-9-16(22)10-8-15)20(26)24-18(21(27)28)11-12-31(29,30)17-5-3-2-4-6-17/h2-10,18-19H,11-13H2,1H3,(H,23,25)(H,24,26)(H,27,28)/t18-,19+/m1/s1. The van der Waals surface area contributed by atoms with E-state index in [1.165, 1.54) is 43.3 Å².